The summed E-state index contributed by atoms with van der Waals surface area (Å²) < 4.78 is 43.1. The summed E-state index contributed by atoms with van der Waals surface area (Å²) in [7, 11) is 4.50. The second-order valence-corrected chi connectivity index (χ2v) is 37.9. The molecule has 40 nitrogen and oxygen atoms in total. The van der Waals surface area contributed by atoms with Crippen molar-refractivity contribution in [2.75, 3.05) is 128 Å². The van der Waals surface area contributed by atoms with Crippen LogP contribution in [0.4, 0.5) is 23.7 Å². The Bertz CT molecular complexity index is 5530. The minimum absolute atomic E-state index is 0.00619. The number of aliphatic carboxylic acids is 1. The molecule has 1 aliphatic carbocycles. The average Bonchev–Trinajstić information content (AvgIpc) is 1.64. The number of carbonyl (C=O) groups excluding carboxylic acids is 6. The molecule has 6 aliphatic rings. The molecule has 1 saturated carbocycles. The zero-order valence-corrected chi connectivity index (χ0v) is 81.1. The number of fused-ring (bicyclic) bond motifs is 3. The van der Waals surface area contributed by atoms with Crippen LogP contribution in [0.5, 0.6) is 0 Å². The molecule has 12 N–H and O–H groups in total. The van der Waals surface area contributed by atoms with E-state index in [4.69, 9.17) is 60.0 Å². The molecule has 139 heavy (non-hydrogen) atoms. The van der Waals surface area contributed by atoms with Gasteiger partial charge in [0.25, 0.3) is 29.5 Å². The number of amides is 4. The molecule has 13 rings (SSSR count). The van der Waals surface area contributed by atoms with Gasteiger partial charge >= 0.3 is 11.9 Å². The first-order valence-electron chi connectivity index (χ1n) is 48.2. The van der Waals surface area contributed by atoms with E-state index in [1.54, 1.807) is 69.5 Å². The molecule has 16 atom stereocenters. The molecule has 5 aromatic heterocycles. The maximum atomic E-state index is 14.7. The first-order chi connectivity index (χ1) is 66.7. The molecule has 40 heteroatoms. The van der Waals surface area contributed by atoms with Crippen molar-refractivity contribution in [1.29, 1.82) is 0 Å². The zero-order chi connectivity index (χ0) is 99.5. The number of hydrogen-bond acceptors (Lipinski definition) is 34. The smallest absolute Gasteiger partial charge is 0.329 e. The van der Waals surface area contributed by atoms with E-state index in [0.29, 0.717) is 192 Å². The highest BCUT2D eigenvalue weighted by atomic mass is 16.6. The van der Waals surface area contributed by atoms with Crippen LogP contribution >= 0.6 is 0 Å². The first-order valence-corrected chi connectivity index (χ1v) is 48.2. The Labute approximate surface area is 809 Å². The van der Waals surface area contributed by atoms with E-state index in [2.05, 4.69) is 73.9 Å². The summed E-state index contributed by atoms with van der Waals surface area (Å²) in [6.07, 6.45) is 14.6. The van der Waals surface area contributed by atoms with Gasteiger partial charge in [-0.15, -0.1) is 0 Å². The fourth-order valence-electron chi connectivity index (χ4n) is 19.6. The number of aliphatic hydroxyl groups is 4. The number of ketones is 1. The van der Waals surface area contributed by atoms with Crippen molar-refractivity contribution in [3.63, 3.8) is 0 Å². The highest BCUT2D eigenvalue weighted by Gasteiger charge is 2.54. The number of oxime groups is 1. The molecule has 0 unspecified atom stereocenters. The number of likely N-dealkylation sites (tertiary alicyclic amines) is 1. The van der Waals surface area contributed by atoms with Gasteiger partial charge in [0.05, 0.1) is 79.9 Å². The van der Waals surface area contributed by atoms with Crippen LogP contribution in [-0.4, -0.2) is 316 Å². The molecule has 0 spiro atoms. The van der Waals surface area contributed by atoms with Crippen LogP contribution < -0.4 is 32.3 Å². The number of aromatic nitrogens is 9. The second kappa shape index (κ2) is 48.5. The minimum atomic E-state index is -2.50. The van der Waals surface area contributed by atoms with Crippen molar-refractivity contribution < 1.29 is 96.8 Å². The molecule has 5 fully saturated rings. The van der Waals surface area contributed by atoms with Crippen molar-refractivity contribution in [2.24, 2.45) is 40.5 Å². The molecule has 0 radical (unpaired) electrons. The van der Waals surface area contributed by atoms with E-state index in [1.807, 2.05) is 67.6 Å². The Morgan fingerprint density at radius 3 is 2.26 bits per heavy atom. The number of allylic oxidation sites excluding steroid dienone is 4. The summed E-state index contributed by atoms with van der Waals surface area (Å²) in [4.78, 5) is 145. The SMILES string of the molecule is C=C/C=C/C=C(\C)[C@H](C[C@@H]1CC[C@@H](C)[C@](O)(C(=O)C(=O)N2CCCC[C@H]2C(=O)O[C@@H](C[C@@H](O)[C@H](C)/C=C(\C)[C@@H](O)[C@@H](OC)/C(=N/OCC(=O)NCc2cnc(N3CCN(C(=O)CCOCCN4CCN(c5ncc(C(=O)N6CCc7cc(Cn8nc(-c9ccc%10oc(N)nc%10c9)c9c(N)ncnc98)ccc7C6)cn5)CC4)[C@@H](C(=O)O)C3)nc2)[C@H](C)CC(C)C)[C@H](N)C[C@@H]2CC[C@@H](O)[C@H](OC)C2)O1)OC. The lowest BCUT2D eigenvalue weighted by Crippen LogP contribution is -2.61. The van der Waals surface area contributed by atoms with Crippen molar-refractivity contribution in [3.05, 3.63) is 143 Å². The number of piperidine rings is 1. The molecule has 7 aromatic rings. The van der Waals surface area contributed by atoms with E-state index in [0.717, 1.165) is 32.7 Å². The number of piperazine rings is 2. The number of carbonyl (C=O) groups is 7. The standard InChI is InChI=1S/C99H136N20O20/c1-12-13-14-17-59(4)79(132-9)46-71-24-19-63(8)99(131,139-71)89(125)93(127)118-29-16-15-18-74(118)95(130)137-80(72(100)43-64-21-25-76(120)81(44-64)133-10)47-77(121)60(5)41-62(7)87(124)88(134-11)85(61(6)40-58(2)3)112-136-56-82(122)103-48-66-49-104-98(105-50-66)116-35-36-117(75(55-116)94(128)129)83(123)28-38-135-39-37-113-31-33-114(34-32-113)97-106-51-70(52-107-97)92(126)115-30-27-67-42-65(20-22-69(67)54-115)53-119-91-84(90(101)108-57-109-91)86(111-119)68-23-26-78-73(45-68)110-96(102)138-78/h12-14,17,20,22-23,26,41-42,45,49-52,57-58,60-61,63-64,71-72,74-77,79-81,87-88,120-121,124,131H,1,15-16,18-19,21,24-25,27-40,43-44,46-48,53-56,100H2,2-11H3,(H2,102,110)(H,103,122)(H,128,129)(H2,101,108,109)/b14-13+,59-17+,62-41+,112-85+/t60-,61-,63-,64+,71+,72-,74+,75-,76-,77-,79+,80+,81-,87-,88+,99-/m1/s1. The van der Waals surface area contributed by atoms with Crippen molar-refractivity contribution in [1.82, 2.24) is 69.6 Å². The van der Waals surface area contributed by atoms with E-state index >= 15 is 0 Å². The number of Topliss-reactive ketones (excluding diaryl/α,β-unsaturated/α-hetero) is 1. The number of nitrogens with one attached hydrogen (secondary N) is 1. The normalized spacial score (nSPS) is 22.7. The largest absolute Gasteiger partial charge is 0.480 e. The number of hydrogen-bond donors (Lipinski definition) is 9. The highest BCUT2D eigenvalue weighted by Crippen LogP contribution is 2.40. The first kappa shape index (κ1) is 105. The average molecular weight is 1930 g/mol. The fourth-order valence-corrected chi connectivity index (χ4v) is 19.6. The number of rotatable bonds is 43. The van der Waals surface area contributed by atoms with Gasteiger partial charge in [0.15, 0.2) is 17.8 Å². The topological polar surface area (TPSA) is 528 Å². The van der Waals surface area contributed by atoms with Gasteiger partial charge in [-0.25, -0.2) is 44.2 Å². The van der Waals surface area contributed by atoms with Gasteiger partial charge in [0.2, 0.25) is 23.6 Å². The van der Waals surface area contributed by atoms with Gasteiger partial charge in [0, 0.05) is 166 Å². The third-order valence-corrected chi connectivity index (χ3v) is 27.6. The van der Waals surface area contributed by atoms with Crippen LogP contribution in [0, 0.1) is 29.6 Å². The molecule has 5 aliphatic heterocycles. The quantitative estimate of drug-likeness (QED) is 0.00365. The van der Waals surface area contributed by atoms with Crippen LogP contribution in [0.15, 0.2) is 125 Å². The lowest BCUT2D eigenvalue weighted by atomic mass is 9.80. The number of nitrogens with two attached hydrogens (primary N) is 3. The summed E-state index contributed by atoms with van der Waals surface area (Å²) in [5, 5.41) is 70.3. The number of nitrogens with zero attached hydrogens (tertiary/aromatic N) is 16. The molecular formula is C99H136N20O20. The number of benzene rings is 2. The third kappa shape index (κ3) is 26.3. The molecule has 4 saturated heterocycles. The molecule has 2 aromatic carbocycles. The Hall–Kier alpha value is -11.7. The summed E-state index contributed by atoms with van der Waals surface area (Å²) in [5.74, 6) is -8.49. The van der Waals surface area contributed by atoms with E-state index < -0.39 is 121 Å². The molecule has 752 valence electrons. The molecular weight excluding hydrogens is 1790 g/mol. The number of ether oxygens (including phenoxy) is 6. The van der Waals surface area contributed by atoms with Crippen LogP contribution in [0.1, 0.15) is 165 Å². The third-order valence-electron chi connectivity index (χ3n) is 27.6. The molecule has 0 bridgehead atoms. The lowest BCUT2D eigenvalue weighted by molar-refractivity contribution is -0.265. The number of carboxylic acid groups (broad SMARTS) is 1. The van der Waals surface area contributed by atoms with E-state index in [9.17, 15) is 59.1 Å². The van der Waals surface area contributed by atoms with Gasteiger partial charge < -0.3 is 110 Å². The second-order valence-electron chi connectivity index (χ2n) is 37.9. The van der Waals surface area contributed by atoms with E-state index in [-0.39, 0.29) is 100 Å². The molecule has 4 amide bonds. The predicted octanol–water partition coefficient (Wildman–Crippen LogP) is 6.69. The maximum absolute atomic E-state index is 14.7. The lowest BCUT2D eigenvalue weighted by Gasteiger charge is -2.42. The molecule has 10 heterocycles. The van der Waals surface area contributed by atoms with Gasteiger partial charge in [-0.2, -0.15) is 10.1 Å². The number of oxazole rings is 1. The van der Waals surface area contributed by atoms with Gasteiger partial charge in [0.1, 0.15) is 53.8 Å². The van der Waals surface area contributed by atoms with Gasteiger partial charge in [-0.3, -0.25) is 28.9 Å². The number of nitrogen functional groups attached to an aromatic ring is 2. The zero-order valence-electron chi connectivity index (χ0n) is 81.1. The van der Waals surface area contributed by atoms with Crippen LogP contribution in [0.25, 0.3) is 33.4 Å². The van der Waals surface area contributed by atoms with Gasteiger partial charge in [-0.05, 0) is 142 Å². The van der Waals surface area contributed by atoms with Crippen LogP contribution in [-0.2, 0) is 88.1 Å². The Morgan fingerprint density at radius 2 is 1.53 bits per heavy atom. The number of esters is 1. The summed E-state index contributed by atoms with van der Waals surface area (Å²) in [6.45, 7) is 21.5. The Morgan fingerprint density at radius 1 is 0.784 bits per heavy atom. The van der Waals surface area contributed by atoms with Crippen molar-refractivity contribution in [3.8, 4) is 11.3 Å². The summed E-state index contributed by atoms with van der Waals surface area (Å²) in [5.41, 5.74) is 28.1. The fraction of sp³-hybridized carbons (Fsp3) is 0.576. The number of aliphatic hydroxyl groups excluding tert-OH is 3. The number of methoxy groups -OCH3 is 3. The monoisotopic (exact) mass is 1930 g/mol. The Kier molecular flexibility index (Phi) is 36.5. The minimum Gasteiger partial charge on any atom is -0.480 e. The Balaban J connectivity index is 0.535. The van der Waals surface area contributed by atoms with Crippen molar-refractivity contribution in [2.45, 2.75) is 231 Å². The summed E-state index contributed by atoms with van der Waals surface area (Å²) >= 11 is 0. The van der Waals surface area contributed by atoms with Crippen LogP contribution in [0.3, 0.4) is 0 Å². The highest BCUT2D eigenvalue weighted by molar-refractivity contribution is 6.39. The van der Waals surface area contributed by atoms with E-state index in [1.165, 1.54) is 37.8 Å². The number of anilines is 4. The predicted molar refractivity (Wildman–Crippen MR) is 517 cm³/mol. The van der Waals surface area contributed by atoms with Crippen molar-refractivity contribution >= 4 is 92.9 Å². The van der Waals surface area contributed by atoms with Gasteiger partial charge in [-0.1, -0.05) is 94.9 Å². The van der Waals surface area contributed by atoms with Crippen LogP contribution in [0.2, 0.25) is 0 Å². The number of carboxylic acids is 1. The maximum Gasteiger partial charge on any atom is 0.329 e. The summed E-state index contributed by atoms with van der Waals surface area (Å²) in [6, 6.07) is 8.52.